The Morgan fingerprint density at radius 3 is 2.73 bits per heavy atom. The molecular weight excluding hydrogens is 427 g/mol. The molecule has 1 aromatic carbocycles. The summed E-state index contributed by atoms with van der Waals surface area (Å²) >= 11 is 0. The van der Waals surface area contributed by atoms with Crippen molar-refractivity contribution in [2.24, 2.45) is 0 Å². The molecule has 172 valence electrons. The molecule has 0 spiro atoms. The second kappa shape index (κ2) is 9.32. The third-order valence-electron chi connectivity index (χ3n) is 5.91. The molecule has 3 heterocycles. The predicted octanol–water partition coefficient (Wildman–Crippen LogP) is 2.83. The minimum absolute atomic E-state index is 0.207. The Hall–Kier alpha value is -3.87. The number of aryl methyl sites for hydroxylation is 1. The monoisotopic (exact) mass is 452 g/mol. The number of imidazole rings is 1. The molecule has 2 fully saturated rings. The number of carbonyl (C=O) groups is 2. The van der Waals surface area contributed by atoms with Gasteiger partial charge in [0.05, 0.1) is 24.5 Å². The molecule has 2 saturated heterocycles. The number of carbonyl (C=O) groups excluding carboxylic acids is 2. The Labute approximate surface area is 191 Å². The fraction of sp³-hybridized carbons (Fsp3) is 0.391. The first-order chi connectivity index (χ1) is 15.9. The van der Waals surface area contributed by atoms with E-state index in [9.17, 15) is 14.9 Å². The highest BCUT2D eigenvalue weighted by Gasteiger charge is 2.33. The number of benzene rings is 1. The number of nitriles is 1. The Morgan fingerprint density at radius 2 is 2.12 bits per heavy atom. The van der Waals surface area contributed by atoms with Gasteiger partial charge in [-0.1, -0.05) is 0 Å². The molecule has 2 aromatic rings. The van der Waals surface area contributed by atoms with E-state index in [0.29, 0.717) is 43.0 Å². The van der Waals surface area contributed by atoms with Crippen molar-refractivity contribution in [1.29, 1.82) is 5.26 Å². The SMILES string of the molecule is CC(=O)NCC1CN(c2ccc(N3CCC(=C(C#N)n4ccnc4C)CC3)c(F)c2)C(=O)O1. The minimum Gasteiger partial charge on any atom is -0.442 e. The topological polar surface area (TPSA) is 103 Å². The van der Waals surface area contributed by atoms with Gasteiger partial charge >= 0.3 is 6.09 Å². The second-order valence-electron chi connectivity index (χ2n) is 8.08. The minimum atomic E-state index is -0.566. The average Bonchev–Trinajstić information content (AvgIpc) is 3.39. The molecule has 1 atom stereocenters. The zero-order valence-electron chi connectivity index (χ0n) is 18.5. The van der Waals surface area contributed by atoms with Crippen LogP contribution in [-0.2, 0) is 9.53 Å². The number of cyclic esters (lactones) is 1. The van der Waals surface area contributed by atoms with E-state index in [4.69, 9.17) is 4.74 Å². The molecule has 2 amide bonds. The van der Waals surface area contributed by atoms with E-state index in [-0.39, 0.29) is 19.0 Å². The standard InChI is InChI=1S/C23H25FN6O3/c1-15-26-7-10-29(15)22(12-25)17-5-8-28(9-6-17)21-4-3-18(11-20(21)24)30-14-19(33-23(30)32)13-27-16(2)31/h3-4,7,10-11,19H,5-6,8-9,13-14H2,1-2H3,(H,27,31). The van der Waals surface area contributed by atoms with Gasteiger partial charge in [0.1, 0.15) is 29.5 Å². The van der Waals surface area contributed by atoms with Gasteiger partial charge < -0.3 is 15.0 Å². The average molecular weight is 452 g/mol. The van der Waals surface area contributed by atoms with Crippen LogP contribution in [0.1, 0.15) is 25.6 Å². The van der Waals surface area contributed by atoms with Gasteiger partial charge in [0.25, 0.3) is 0 Å². The molecule has 2 aliphatic heterocycles. The summed E-state index contributed by atoms with van der Waals surface area (Å²) < 4.78 is 22.0. The van der Waals surface area contributed by atoms with Gasteiger partial charge in [-0.3, -0.25) is 14.3 Å². The zero-order valence-corrected chi connectivity index (χ0v) is 18.5. The Bertz CT molecular complexity index is 1140. The van der Waals surface area contributed by atoms with Gasteiger partial charge in [-0.2, -0.15) is 5.26 Å². The van der Waals surface area contributed by atoms with Crippen molar-refractivity contribution in [2.45, 2.75) is 32.8 Å². The van der Waals surface area contributed by atoms with E-state index in [1.54, 1.807) is 29.1 Å². The van der Waals surface area contributed by atoms with Crippen LogP contribution in [0.4, 0.5) is 20.6 Å². The molecule has 2 aliphatic rings. The van der Waals surface area contributed by atoms with Crippen LogP contribution < -0.4 is 15.1 Å². The van der Waals surface area contributed by atoms with Crippen LogP contribution in [0.15, 0.2) is 36.2 Å². The lowest BCUT2D eigenvalue weighted by Crippen LogP contribution is -2.33. The highest BCUT2D eigenvalue weighted by molar-refractivity contribution is 5.90. The van der Waals surface area contributed by atoms with Gasteiger partial charge in [-0.15, -0.1) is 0 Å². The molecule has 1 aromatic heterocycles. The van der Waals surface area contributed by atoms with Crippen LogP contribution in [0.3, 0.4) is 0 Å². The molecule has 9 nitrogen and oxygen atoms in total. The smallest absolute Gasteiger partial charge is 0.414 e. The van der Waals surface area contributed by atoms with E-state index in [1.807, 2.05) is 11.8 Å². The summed E-state index contributed by atoms with van der Waals surface area (Å²) in [6, 6.07) is 6.97. The van der Waals surface area contributed by atoms with Gasteiger partial charge in [0.15, 0.2) is 0 Å². The molecule has 0 radical (unpaired) electrons. The van der Waals surface area contributed by atoms with Crippen molar-refractivity contribution in [2.75, 3.05) is 36.0 Å². The number of amides is 2. The number of hydrogen-bond acceptors (Lipinski definition) is 6. The van der Waals surface area contributed by atoms with Crippen LogP contribution in [0.25, 0.3) is 5.70 Å². The van der Waals surface area contributed by atoms with Crippen molar-refractivity contribution < 1.29 is 18.7 Å². The Morgan fingerprint density at radius 1 is 1.36 bits per heavy atom. The quantitative estimate of drug-likeness (QED) is 0.700. The third-order valence-corrected chi connectivity index (χ3v) is 5.91. The maximum atomic E-state index is 15.0. The third kappa shape index (κ3) is 4.67. The normalized spacial score (nSPS) is 18.2. The summed E-state index contributed by atoms with van der Waals surface area (Å²) in [6.07, 6.45) is 3.68. The molecule has 4 rings (SSSR count). The summed E-state index contributed by atoms with van der Waals surface area (Å²) in [5.74, 6) is 0.119. The molecule has 1 unspecified atom stereocenters. The zero-order chi connectivity index (χ0) is 23.5. The van der Waals surface area contributed by atoms with Crippen LogP contribution in [0.5, 0.6) is 0 Å². The van der Waals surface area contributed by atoms with Gasteiger partial charge in [0.2, 0.25) is 5.91 Å². The largest absolute Gasteiger partial charge is 0.442 e. The first-order valence-electron chi connectivity index (χ1n) is 10.8. The lowest BCUT2D eigenvalue weighted by Gasteiger charge is -2.31. The summed E-state index contributed by atoms with van der Waals surface area (Å²) in [4.78, 5) is 30.8. The van der Waals surface area contributed by atoms with Crippen molar-refractivity contribution in [3.63, 3.8) is 0 Å². The van der Waals surface area contributed by atoms with Crippen LogP contribution in [0.2, 0.25) is 0 Å². The van der Waals surface area contributed by atoms with Gasteiger partial charge in [-0.05, 0) is 43.5 Å². The predicted molar refractivity (Wildman–Crippen MR) is 120 cm³/mol. The van der Waals surface area contributed by atoms with E-state index in [0.717, 1.165) is 11.4 Å². The van der Waals surface area contributed by atoms with Gasteiger partial charge in [0, 0.05) is 32.4 Å². The van der Waals surface area contributed by atoms with Crippen LogP contribution in [0, 0.1) is 24.1 Å². The fourth-order valence-corrected chi connectivity index (χ4v) is 4.19. The van der Waals surface area contributed by atoms with E-state index < -0.39 is 18.0 Å². The number of halogens is 1. The lowest BCUT2D eigenvalue weighted by atomic mass is 10.0. The number of ether oxygens (including phenoxy) is 1. The molecule has 0 saturated carbocycles. The number of anilines is 2. The molecule has 0 aliphatic carbocycles. The van der Waals surface area contributed by atoms with Crippen molar-refractivity contribution >= 4 is 29.1 Å². The maximum Gasteiger partial charge on any atom is 0.414 e. The van der Waals surface area contributed by atoms with Gasteiger partial charge in [-0.25, -0.2) is 14.2 Å². The molecule has 33 heavy (non-hydrogen) atoms. The number of nitrogens with one attached hydrogen (secondary N) is 1. The first kappa shape index (κ1) is 22.3. The number of piperidine rings is 1. The first-order valence-corrected chi connectivity index (χ1v) is 10.8. The molecule has 0 bridgehead atoms. The van der Waals surface area contributed by atoms with E-state index >= 15 is 4.39 Å². The van der Waals surface area contributed by atoms with Crippen LogP contribution >= 0.6 is 0 Å². The van der Waals surface area contributed by atoms with E-state index in [1.165, 1.54) is 17.9 Å². The second-order valence-corrected chi connectivity index (χ2v) is 8.08. The summed E-state index contributed by atoms with van der Waals surface area (Å²) in [6.45, 7) is 4.85. The van der Waals surface area contributed by atoms with Crippen molar-refractivity contribution in [3.8, 4) is 6.07 Å². The van der Waals surface area contributed by atoms with Crippen LogP contribution in [-0.4, -0.2) is 53.8 Å². The summed E-state index contributed by atoms with van der Waals surface area (Å²) in [5, 5.41) is 12.3. The number of nitrogens with zero attached hydrogens (tertiary/aromatic N) is 5. The highest BCUT2D eigenvalue weighted by atomic mass is 19.1. The van der Waals surface area contributed by atoms with Crippen molar-refractivity contribution in [1.82, 2.24) is 14.9 Å². The fourth-order valence-electron chi connectivity index (χ4n) is 4.19. The maximum absolute atomic E-state index is 15.0. The molecule has 1 N–H and O–H groups in total. The number of allylic oxidation sites excluding steroid dienone is 1. The lowest BCUT2D eigenvalue weighted by molar-refractivity contribution is -0.119. The number of hydrogen-bond donors (Lipinski definition) is 1. The summed E-state index contributed by atoms with van der Waals surface area (Å²) in [7, 11) is 0. The number of rotatable bonds is 5. The highest BCUT2D eigenvalue weighted by Crippen LogP contribution is 2.31. The number of aromatic nitrogens is 2. The van der Waals surface area contributed by atoms with Crippen molar-refractivity contribution in [3.05, 3.63) is 47.8 Å². The Kier molecular flexibility index (Phi) is 6.31. The molecular formula is C23H25FN6O3. The van der Waals surface area contributed by atoms with E-state index in [2.05, 4.69) is 16.4 Å². The summed E-state index contributed by atoms with van der Waals surface area (Å²) in [5.41, 5.74) is 2.47. The Balaban J connectivity index is 1.44. The molecule has 10 heteroatoms.